The van der Waals surface area contributed by atoms with Crippen molar-refractivity contribution >= 4 is 17.7 Å². The lowest BCUT2D eigenvalue weighted by Crippen LogP contribution is -2.35. The predicted octanol–water partition coefficient (Wildman–Crippen LogP) is 3.60. The summed E-state index contributed by atoms with van der Waals surface area (Å²) in [7, 11) is 1.62. The van der Waals surface area contributed by atoms with E-state index in [0.29, 0.717) is 24.7 Å². The maximum atomic E-state index is 13.2. The van der Waals surface area contributed by atoms with Gasteiger partial charge in [-0.15, -0.1) is 10.2 Å². The van der Waals surface area contributed by atoms with Crippen LogP contribution < -0.4 is 0 Å². The Kier molecular flexibility index (Phi) is 5.82. The number of ether oxygens (including phenoxy) is 2. The lowest BCUT2D eigenvalue weighted by atomic mass is 10.0. The highest BCUT2D eigenvalue weighted by molar-refractivity contribution is 7.97. The summed E-state index contributed by atoms with van der Waals surface area (Å²) in [6, 6.07) is 16.2. The number of methoxy groups -OCH3 is 1. The van der Waals surface area contributed by atoms with Crippen LogP contribution in [0.25, 0.3) is 11.5 Å². The number of nitrogens with zero attached hydrogens (tertiary/aromatic N) is 3. The van der Waals surface area contributed by atoms with Gasteiger partial charge in [-0.1, -0.05) is 36.4 Å². The van der Waals surface area contributed by atoms with Crippen LogP contribution in [0.2, 0.25) is 0 Å². The lowest BCUT2D eigenvalue weighted by molar-refractivity contribution is 0.0214. The fourth-order valence-corrected chi connectivity index (χ4v) is 3.96. The molecule has 1 aromatic heterocycles. The van der Waals surface area contributed by atoms with Gasteiger partial charge in [-0.2, -0.15) is 0 Å². The Morgan fingerprint density at radius 1 is 1.07 bits per heavy atom. The van der Waals surface area contributed by atoms with Crippen LogP contribution in [-0.4, -0.2) is 47.3 Å². The molecule has 4 rings (SSSR count). The number of rotatable bonds is 7. The molecule has 1 aliphatic heterocycles. The number of benzene rings is 2. The first kappa shape index (κ1) is 18.8. The quantitative estimate of drug-likeness (QED) is 0.442. The van der Waals surface area contributed by atoms with Crippen LogP contribution in [0, 0.1) is 0 Å². The Labute approximate surface area is 166 Å². The van der Waals surface area contributed by atoms with Crippen molar-refractivity contribution in [3.05, 3.63) is 66.1 Å². The molecule has 0 radical (unpaired) electrons. The number of hydrogen-bond acceptors (Lipinski definition) is 8. The first-order valence-electron chi connectivity index (χ1n) is 8.81. The largest absolute Gasteiger partial charge is 0.418 e. The molecule has 2 aromatic carbocycles. The van der Waals surface area contributed by atoms with Gasteiger partial charge in [0, 0.05) is 23.1 Å². The summed E-state index contributed by atoms with van der Waals surface area (Å²) in [5, 5.41) is 8.29. The van der Waals surface area contributed by atoms with Gasteiger partial charge >= 0.3 is 0 Å². The van der Waals surface area contributed by atoms with Gasteiger partial charge in [0.25, 0.3) is 0 Å². The lowest BCUT2D eigenvalue weighted by Gasteiger charge is -2.31. The third kappa shape index (κ3) is 3.85. The van der Waals surface area contributed by atoms with E-state index in [2.05, 4.69) is 10.2 Å². The van der Waals surface area contributed by atoms with Crippen LogP contribution in [0.1, 0.15) is 22.3 Å². The van der Waals surface area contributed by atoms with Crippen LogP contribution in [0.15, 0.2) is 63.9 Å². The average molecular weight is 397 g/mol. The number of Topliss-reactive ketones (excluding diaryl/α,β-unsaturated/α-hetero) is 1. The minimum Gasteiger partial charge on any atom is -0.418 e. The first-order chi connectivity index (χ1) is 13.8. The van der Waals surface area contributed by atoms with Gasteiger partial charge in [0.1, 0.15) is 6.73 Å². The van der Waals surface area contributed by atoms with E-state index in [1.807, 2.05) is 58.9 Å². The molecule has 0 aliphatic carbocycles. The highest BCUT2D eigenvalue weighted by Crippen LogP contribution is 2.41. The van der Waals surface area contributed by atoms with E-state index in [0.717, 1.165) is 10.5 Å². The number of ketones is 1. The second-order valence-electron chi connectivity index (χ2n) is 6.11. The second kappa shape index (κ2) is 8.66. The van der Waals surface area contributed by atoms with E-state index in [9.17, 15) is 4.79 Å². The van der Waals surface area contributed by atoms with Crippen molar-refractivity contribution in [2.75, 3.05) is 27.1 Å². The SMILES string of the molecule is COCCOCN1Sc2ccccc2C(=O)C1c1nnc(-c2ccccc2)o1. The Balaban J connectivity index is 1.63. The van der Waals surface area contributed by atoms with Crippen molar-refractivity contribution in [1.82, 2.24) is 14.5 Å². The van der Waals surface area contributed by atoms with Crippen molar-refractivity contribution in [3.8, 4) is 11.5 Å². The number of carbonyl (C=O) groups excluding carboxylic acids is 1. The Hall–Kier alpha value is -2.52. The standard InChI is InChI=1S/C20H19N3O4S/c1-25-11-12-26-13-23-17(18(24)15-9-5-6-10-16(15)28-23)20-22-21-19(27-20)14-7-3-2-4-8-14/h2-10,17H,11-13H2,1H3. The molecule has 0 amide bonds. The average Bonchev–Trinajstić information content (AvgIpc) is 3.22. The predicted molar refractivity (Wildman–Crippen MR) is 104 cm³/mol. The molecule has 1 aliphatic rings. The smallest absolute Gasteiger partial charge is 0.247 e. The van der Waals surface area contributed by atoms with Crippen molar-refractivity contribution in [1.29, 1.82) is 0 Å². The van der Waals surface area contributed by atoms with E-state index in [-0.39, 0.29) is 18.4 Å². The molecule has 0 bridgehead atoms. The second-order valence-corrected chi connectivity index (χ2v) is 7.20. The van der Waals surface area contributed by atoms with Crippen LogP contribution >= 0.6 is 11.9 Å². The van der Waals surface area contributed by atoms with Crippen molar-refractivity contribution in [2.45, 2.75) is 10.9 Å². The van der Waals surface area contributed by atoms with Crippen molar-refractivity contribution in [3.63, 3.8) is 0 Å². The molecule has 1 atom stereocenters. The van der Waals surface area contributed by atoms with Crippen molar-refractivity contribution < 1.29 is 18.7 Å². The summed E-state index contributed by atoms with van der Waals surface area (Å²) in [6.07, 6.45) is 0. The van der Waals surface area contributed by atoms with E-state index in [1.165, 1.54) is 11.9 Å². The summed E-state index contributed by atoms with van der Waals surface area (Å²) < 4.78 is 18.4. The number of carbonyl (C=O) groups is 1. The molecule has 7 nitrogen and oxygen atoms in total. The third-order valence-electron chi connectivity index (χ3n) is 4.25. The van der Waals surface area contributed by atoms with Gasteiger partial charge in [0.2, 0.25) is 11.8 Å². The molecule has 3 aromatic rings. The first-order valence-corrected chi connectivity index (χ1v) is 9.58. The minimum absolute atomic E-state index is 0.0899. The molecule has 8 heteroatoms. The fraction of sp³-hybridized carbons (Fsp3) is 0.250. The molecule has 0 saturated carbocycles. The number of aromatic nitrogens is 2. The van der Waals surface area contributed by atoms with Crippen LogP contribution in [0.5, 0.6) is 0 Å². The van der Waals surface area contributed by atoms with E-state index >= 15 is 0 Å². The molecule has 0 saturated heterocycles. The topological polar surface area (TPSA) is 77.7 Å². The van der Waals surface area contributed by atoms with Gasteiger partial charge in [-0.3, -0.25) is 4.79 Å². The molecular weight excluding hydrogens is 378 g/mol. The minimum atomic E-state index is -0.715. The van der Waals surface area contributed by atoms with Crippen LogP contribution in [-0.2, 0) is 9.47 Å². The highest BCUT2D eigenvalue weighted by atomic mass is 32.2. The summed E-state index contributed by atoms with van der Waals surface area (Å²) in [4.78, 5) is 14.1. The van der Waals surface area contributed by atoms with Crippen LogP contribution in [0.3, 0.4) is 0 Å². The molecular formula is C20H19N3O4S. The molecule has 1 unspecified atom stereocenters. The molecule has 0 fully saturated rings. The molecule has 144 valence electrons. The van der Waals surface area contributed by atoms with Gasteiger partial charge in [0.05, 0.1) is 13.2 Å². The van der Waals surface area contributed by atoms with Gasteiger partial charge in [-0.25, -0.2) is 4.31 Å². The maximum Gasteiger partial charge on any atom is 0.247 e. The highest BCUT2D eigenvalue weighted by Gasteiger charge is 2.39. The summed E-state index contributed by atoms with van der Waals surface area (Å²) in [6.45, 7) is 1.13. The zero-order chi connectivity index (χ0) is 19.3. The monoisotopic (exact) mass is 397 g/mol. The third-order valence-corrected chi connectivity index (χ3v) is 5.35. The number of hydrogen-bond donors (Lipinski definition) is 0. The number of fused-ring (bicyclic) bond motifs is 1. The summed E-state index contributed by atoms with van der Waals surface area (Å²) >= 11 is 1.45. The molecule has 0 spiro atoms. The zero-order valence-electron chi connectivity index (χ0n) is 15.3. The Morgan fingerprint density at radius 3 is 2.68 bits per heavy atom. The Bertz CT molecular complexity index is 947. The van der Waals surface area contributed by atoms with Gasteiger partial charge < -0.3 is 13.9 Å². The van der Waals surface area contributed by atoms with E-state index < -0.39 is 6.04 Å². The summed E-state index contributed by atoms with van der Waals surface area (Å²) in [5.41, 5.74) is 1.45. The Morgan fingerprint density at radius 2 is 1.86 bits per heavy atom. The van der Waals surface area contributed by atoms with Crippen LogP contribution in [0.4, 0.5) is 0 Å². The van der Waals surface area contributed by atoms with Gasteiger partial charge in [-0.05, 0) is 30.1 Å². The van der Waals surface area contributed by atoms with Gasteiger partial charge in [0.15, 0.2) is 11.8 Å². The fourth-order valence-electron chi connectivity index (χ4n) is 2.88. The summed E-state index contributed by atoms with van der Waals surface area (Å²) in [5.74, 6) is 0.543. The molecule has 0 N–H and O–H groups in total. The molecule has 28 heavy (non-hydrogen) atoms. The van der Waals surface area contributed by atoms with E-state index in [1.54, 1.807) is 7.11 Å². The molecule has 2 heterocycles. The normalized spacial score (nSPS) is 16.9. The van der Waals surface area contributed by atoms with Crippen molar-refractivity contribution in [2.24, 2.45) is 0 Å². The van der Waals surface area contributed by atoms with E-state index in [4.69, 9.17) is 13.9 Å². The maximum absolute atomic E-state index is 13.2. The zero-order valence-corrected chi connectivity index (χ0v) is 16.1.